The van der Waals surface area contributed by atoms with Crippen molar-refractivity contribution in [1.29, 1.82) is 0 Å². The number of nitrogens with two attached hydrogens (primary N) is 1. The van der Waals surface area contributed by atoms with E-state index in [1.54, 1.807) is 0 Å². The third kappa shape index (κ3) is 28.7. The zero-order valence-corrected chi connectivity index (χ0v) is 23.8. The van der Waals surface area contributed by atoms with Crippen molar-refractivity contribution in [2.45, 2.75) is 37.1 Å². The summed E-state index contributed by atoms with van der Waals surface area (Å²) in [5.74, 6) is 0. The van der Waals surface area contributed by atoms with E-state index in [1.807, 2.05) is 4.90 Å². The lowest BCUT2D eigenvalue weighted by Gasteiger charge is -2.24. The van der Waals surface area contributed by atoms with Gasteiger partial charge in [-0.25, -0.2) is 0 Å². The molecule has 37 heavy (non-hydrogen) atoms. The summed E-state index contributed by atoms with van der Waals surface area (Å²) in [4.78, 5) is 55.6. The first-order valence-electron chi connectivity index (χ1n) is 12.8. The van der Waals surface area contributed by atoms with Crippen LogP contribution >= 0.6 is 0 Å². The van der Waals surface area contributed by atoms with Crippen molar-refractivity contribution in [2.24, 2.45) is 5.73 Å². The number of hydrogen-bond donors (Lipinski definition) is 12. The molecule has 0 heterocycles. The molecule has 0 fully saturated rings. The van der Waals surface area contributed by atoms with Gasteiger partial charge in [0.05, 0.1) is 25.4 Å². The predicted octanol–water partition coefficient (Wildman–Crippen LogP) is -5.62. The van der Waals surface area contributed by atoms with Crippen molar-refractivity contribution in [3.63, 3.8) is 0 Å². The molecule has 15 nitrogen and oxygen atoms in total. The predicted molar refractivity (Wildman–Crippen MR) is 141 cm³/mol. The van der Waals surface area contributed by atoms with Gasteiger partial charge < -0.3 is 70.1 Å². The van der Waals surface area contributed by atoms with E-state index in [-0.39, 0.29) is 38.5 Å². The maximum atomic E-state index is 10.1. The van der Waals surface area contributed by atoms with Crippen LogP contribution in [-0.4, -0.2) is 166 Å². The minimum absolute atomic E-state index is 0.0818. The van der Waals surface area contributed by atoms with Gasteiger partial charge >= 0.3 is 17.6 Å². The zero-order chi connectivity index (χ0) is 28.0. The van der Waals surface area contributed by atoms with Gasteiger partial charge in [0.2, 0.25) is 0 Å². The summed E-state index contributed by atoms with van der Waals surface area (Å²) in [7, 11) is -8.03. The molecule has 224 valence electrons. The second-order valence-electron chi connectivity index (χ2n) is 9.01. The van der Waals surface area contributed by atoms with E-state index in [4.69, 9.17) is 44.0 Å². The third-order valence-electron chi connectivity index (χ3n) is 5.08. The standard InChI is InChI=1S/C20H51N5O10Si2/c21-3-9-25(16-20(27)18-35-12-2-14-37(31,32)33)10-8-23-5-4-22-6-7-24-15-19(26)17-34-11-1-13-36(28,29)30/h19-20,22-24,26-33H,1-18,21H2. The number of aliphatic hydroxyl groups excluding tert-OH is 2. The van der Waals surface area contributed by atoms with Crippen LogP contribution in [0.3, 0.4) is 0 Å². The van der Waals surface area contributed by atoms with Crippen LogP contribution in [0.25, 0.3) is 0 Å². The monoisotopic (exact) mass is 577 g/mol. The fourth-order valence-electron chi connectivity index (χ4n) is 3.26. The summed E-state index contributed by atoms with van der Waals surface area (Å²) in [6, 6.07) is -0.172. The molecule has 0 amide bonds. The maximum Gasteiger partial charge on any atom is 0.492 e. The summed E-state index contributed by atoms with van der Waals surface area (Å²) < 4.78 is 10.6. The first-order valence-corrected chi connectivity index (χ1v) is 16.9. The van der Waals surface area contributed by atoms with E-state index < -0.39 is 29.8 Å². The Morgan fingerprint density at radius 3 is 1.68 bits per heavy atom. The Balaban J connectivity index is 3.63. The van der Waals surface area contributed by atoms with Gasteiger partial charge in [-0.3, -0.25) is 4.90 Å². The average Bonchev–Trinajstić information content (AvgIpc) is 2.78. The highest BCUT2D eigenvalue weighted by atomic mass is 28.4. The molecule has 0 spiro atoms. The lowest BCUT2D eigenvalue weighted by atomic mass is 10.3. The van der Waals surface area contributed by atoms with Crippen molar-refractivity contribution in [3.8, 4) is 0 Å². The van der Waals surface area contributed by atoms with Crippen molar-refractivity contribution in [2.75, 3.05) is 91.9 Å². The van der Waals surface area contributed by atoms with E-state index >= 15 is 0 Å². The second kappa shape index (κ2) is 22.6. The first kappa shape index (κ1) is 36.8. The molecular weight excluding hydrogens is 526 g/mol. The van der Waals surface area contributed by atoms with Gasteiger partial charge in [-0.05, 0) is 12.8 Å². The fraction of sp³-hybridized carbons (Fsp3) is 1.00. The molecule has 0 aromatic rings. The number of hydrogen-bond acceptors (Lipinski definition) is 15. The molecule has 0 aromatic heterocycles. The number of rotatable bonds is 27. The summed E-state index contributed by atoms with van der Waals surface area (Å²) in [5.41, 5.74) is 5.66. The second-order valence-corrected chi connectivity index (χ2v) is 13.1. The topological polar surface area (TPSA) is 246 Å². The molecule has 0 saturated carbocycles. The Labute approximate surface area is 222 Å². The summed E-state index contributed by atoms with van der Waals surface area (Å²) in [6.07, 6.45) is -0.726. The molecule has 0 aliphatic carbocycles. The Morgan fingerprint density at radius 1 is 0.676 bits per heavy atom. The van der Waals surface area contributed by atoms with Crippen LogP contribution in [0.5, 0.6) is 0 Å². The Hall–Kier alpha value is -0.166. The van der Waals surface area contributed by atoms with Gasteiger partial charge in [-0.15, -0.1) is 0 Å². The number of ether oxygens (including phenoxy) is 2. The van der Waals surface area contributed by atoms with Gasteiger partial charge in [0.1, 0.15) is 0 Å². The van der Waals surface area contributed by atoms with E-state index in [0.717, 1.165) is 26.2 Å². The highest BCUT2D eigenvalue weighted by Gasteiger charge is 2.26. The molecule has 0 aromatic carbocycles. The maximum absolute atomic E-state index is 10.1. The van der Waals surface area contributed by atoms with Crippen LogP contribution in [0.2, 0.25) is 12.1 Å². The minimum Gasteiger partial charge on any atom is -0.390 e. The van der Waals surface area contributed by atoms with Gasteiger partial charge in [-0.2, -0.15) is 0 Å². The Bertz CT molecular complexity index is 521. The normalized spacial score (nSPS) is 14.4. The minimum atomic E-state index is -4.03. The quantitative estimate of drug-likeness (QED) is 0.0321. The summed E-state index contributed by atoms with van der Waals surface area (Å²) >= 11 is 0. The highest BCUT2D eigenvalue weighted by Crippen LogP contribution is 2.02. The lowest BCUT2D eigenvalue weighted by molar-refractivity contribution is 0.0168. The molecule has 13 N–H and O–H groups in total. The van der Waals surface area contributed by atoms with Crippen LogP contribution in [0, 0.1) is 0 Å². The molecule has 0 radical (unpaired) electrons. The fourth-order valence-corrected chi connectivity index (χ4v) is 4.49. The van der Waals surface area contributed by atoms with E-state index in [0.29, 0.717) is 52.1 Å². The van der Waals surface area contributed by atoms with Crippen LogP contribution < -0.4 is 21.7 Å². The molecule has 0 saturated heterocycles. The Morgan fingerprint density at radius 2 is 1.16 bits per heavy atom. The zero-order valence-electron chi connectivity index (χ0n) is 21.8. The van der Waals surface area contributed by atoms with Crippen molar-refractivity contribution < 1.29 is 48.5 Å². The number of nitrogens with one attached hydrogen (secondary N) is 3. The van der Waals surface area contributed by atoms with E-state index in [1.165, 1.54) is 0 Å². The van der Waals surface area contributed by atoms with E-state index in [9.17, 15) is 10.2 Å². The largest absolute Gasteiger partial charge is 0.492 e. The van der Waals surface area contributed by atoms with Crippen LogP contribution in [0.15, 0.2) is 0 Å². The molecule has 17 heteroatoms. The van der Waals surface area contributed by atoms with Crippen LogP contribution in [0.1, 0.15) is 12.8 Å². The van der Waals surface area contributed by atoms with Crippen molar-refractivity contribution >= 4 is 17.6 Å². The molecule has 0 aliphatic rings. The number of nitrogens with zero attached hydrogens (tertiary/aromatic N) is 1. The smallest absolute Gasteiger partial charge is 0.390 e. The van der Waals surface area contributed by atoms with Gasteiger partial charge in [-0.1, -0.05) is 0 Å². The Kier molecular flexibility index (Phi) is 22.5. The summed E-state index contributed by atoms with van der Waals surface area (Å²) in [5, 5.41) is 29.7. The summed E-state index contributed by atoms with van der Waals surface area (Å²) in [6.45, 7) is 7.02. The molecular formula is C20H51N5O10Si2. The SMILES string of the molecule is NCCN(CCNCCNCCNCC(O)COCCC[Si](O)(O)O)CC(O)COCCC[Si](O)(O)O. The third-order valence-corrected chi connectivity index (χ3v) is 7.13. The van der Waals surface area contributed by atoms with Crippen molar-refractivity contribution in [3.05, 3.63) is 0 Å². The average molecular weight is 578 g/mol. The molecule has 2 unspecified atom stereocenters. The number of aliphatic hydroxyl groups is 2. The van der Waals surface area contributed by atoms with Crippen LogP contribution in [0.4, 0.5) is 0 Å². The van der Waals surface area contributed by atoms with Crippen molar-refractivity contribution in [1.82, 2.24) is 20.9 Å². The molecule has 2 atom stereocenters. The highest BCUT2D eigenvalue weighted by molar-refractivity contribution is 6.56. The first-order chi connectivity index (χ1) is 17.4. The molecule has 0 aliphatic heterocycles. The molecule has 0 bridgehead atoms. The van der Waals surface area contributed by atoms with Gasteiger partial charge in [0.25, 0.3) is 0 Å². The van der Waals surface area contributed by atoms with Gasteiger partial charge in [0.15, 0.2) is 0 Å². The van der Waals surface area contributed by atoms with Crippen LogP contribution in [-0.2, 0) is 9.47 Å². The van der Waals surface area contributed by atoms with E-state index in [2.05, 4.69) is 16.0 Å². The lowest BCUT2D eigenvalue weighted by Crippen LogP contribution is -2.42. The van der Waals surface area contributed by atoms with Gasteiger partial charge in [0, 0.05) is 90.7 Å². The molecule has 0 rings (SSSR count).